The monoisotopic (exact) mass is 155 g/mol. The Balaban J connectivity index is 3.47. The van der Waals surface area contributed by atoms with Crippen molar-refractivity contribution in [3.05, 3.63) is 0 Å². The van der Waals surface area contributed by atoms with Crippen LogP contribution in [0.3, 0.4) is 0 Å². The fraction of sp³-hybridized carbons (Fsp3) is 0. The third-order valence-electron chi connectivity index (χ3n) is 0. The van der Waals surface area contributed by atoms with Crippen molar-refractivity contribution < 1.29 is 25.0 Å². The Bertz CT molecular complexity index is 55.8. The summed E-state index contributed by atoms with van der Waals surface area (Å²) in [4.78, 5) is 7.73. The molecule has 1 atom stereocenters. The van der Waals surface area contributed by atoms with E-state index in [9.17, 15) is 4.57 Å². The molecule has 1 N–H and O–H groups in total. The average molecular weight is 155 g/mol. The van der Waals surface area contributed by atoms with Crippen LogP contribution in [0.5, 0.6) is 0 Å². The standard InChI is InChI=1S/ClO2P.Fe/c1-4(2)3;/q;-1/p+1. The van der Waals surface area contributed by atoms with Gasteiger partial charge < -0.3 is 0 Å². The van der Waals surface area contributed by atoms with E-state index in [0.717, 1.165) is 0 Å². The van der Waals surface area contributed by atoms with Crippen LogP contribution >= 0.6 is 16.7 Å². The van der Waals surface area contributed by atoms with Gasteiger partial charge in [-0.05, 0) is 0 Å². The topological polar surface area (TPSA) is 37.3 Å². The molecule has 0 rings (SSSR count). The van der Waals surface area contributed by atoms with Crippen molar-refractivity contribution in [1.82, 2.24) is 0 Å². The molecule has 0 heterocycles. The van der Waals surface area contributed by atoms with E-state index in [4.69, 9.17) is 4.89 Å². The van der Waals surface area contributed by atoms with Gasteiger partial charge in [0.1, 0.15) is 0 Å². The van der Waals surface area contributed by atoms with Gasteiger partial charge in [0, 0.05) is 0 Å². The molecule has 0 fully saturated rings. The molecule has 0 aliphatic rings. The second kappa shape index (κ2) is 1.63. The van der Waals surface area contributed by atoms with Crippen molar-refractivity contribution in [3.63, 3.8) is 0 Å². The van der Waals surface area contributed by atoms with Crippen molar-refractivity contribution in [1.29, 1.82) is 0 Å². The van der Waals surface area contributed by atoms with Crippen LogP contribution in [0.25, 0.3) is 0 Å². The van der Waals surface area contributed by atoms with Crippen molar-refractivity contribution >= 4 is 16.7 Å². The second-order valence-electron chi connectivity index (χ2n) is 0.421. The van der Waals surface area contributed by atoms with Crippen LogP contribution in [0.4, 0.5) is 0 Å². The number of rotatable bonds is 0. The quantitative estimate of drug-likeness (QED) is 0.416. The van der Waals surface area contributed by atoms with E-state index in [2.05, 4.69) is 26.8 Å². The third kappa shape index (κ3) is 45.0. The summed E-state index contributed by atoms with van der Waals surface area (Å²) in [6, 6.07) is 0. The third-order valence-corrected chi connectivity index (χ3v) is 0. The molecule has 0 aliphatic heterocycles. The molecule has 1 unspecified atom stereocenters. The first-order chi connectivity index (χ1) is 2.00. The first-order valence-corrected chi connectivity index (χ1v) is 4.62. The van der Waals surface area contributed by atoms with Gasteiger partial charge in [-0.3, -0.25) is 0 Å². The van der Waals surface area contributed by atoms with Crippen molar-refractivity contribution in [2.45, 2.75) is 0 Å². The molecule has 0 saturated carbocycles. The van der Waals surface area contributed by atoms with Gasteiger partial charge in [-0.1, -0.05) is 0 Å². The van der Waals surface area contributed by atoms with Gasteiger partial charge in [0.25, 0.3) is 0 Å². The summed E-state index contributed by atoms with van der Waals surface area (Å²) in [6.45, 7) is 0. The fourth-order valence-corrected chi connectivity index (χ4v) is 0. The summed E-state index contributed by atoms with van der Waals surface area (Å²) < 4.78 is 9.43. The number of hydrogen-bond acceptors (Lipinski definition) is 1. The van der Waals surface area contributed by atoms with Gasteiger partial charge in [0.05, 0.1) is 0 Å². The van der Waals surface area contributed by atoms with Crippen LogP contribution in [0.15, 0.2) is 0 Å². The zero-order valence-corrected chi connectivity index (χ0v) is 4.79. The molecule has 0 aromatic rings. The number of hydrogen-bond donors (Lipinski definition) is 1. The molecule has 0 saturated heterocycles. The summed E-state index contributed by atoms with van der Waals surface area (Å²) in [5, 5.41) is 0. The second-order valence-corrected chi connectivity index (χ2v) is 5.44. The van der Waals surface area contributed by atoms with Crippen LogP contribution in [0.2, 0.25) is 0 Å². The van der Waals surface area contributed by atoms with Crippen molar-refractivity contribution in [2.24, 2.45) is 0 Å². The normalized spacial score (nSPS) is 21.4. The van der Waals surface area contributed by atoms with E-state index in [1.165, 1.54) is 0 Å². The molecule has 0 aliphatic carbocycles. The predicted octanol–water partition coefficient (Wildman–Crippen LogP) is 0.872. The Morgan fingerprint density at radius 2 is 2.00 bits per heavy atom. The molecule has 5 heavy (non-hydrogen) atoms. The van der Waals surface area contributed by atoms with E-state index in [1.54, 1.807) is 0 Å². The molecule has 0 bridgehead atoms. The summed E-state index contributed by atoms with van der Waals surface area (Å²) in [6.07, 6.45) is 0. The Labute approximate surface area is 42.2 Å². The van der Waals surface area contributed by atoms with E-state index in [-0.39, 0.29) is 0 Å². The van der Waals surface area contributed by atoms with Gasteiger partial charge >= 0.3 is 41.7 Å². The minimum atomic E-state index is -3.42. The Hall–Kier alpha value is 0.999. The van der Waals surface area contributed by atoms with E-state index in [0.29, 0.717) is 0 Å². The minimum absolute atomic E-state index is 2.65. The van der Waals surface area contributed by atoms with Crippen LogP contribution in [0, 0.1) is 0 Å². The molecule has 33 valence electrons. The molecule has 0 spiro atoms. The summed E-state index contributed by atoms with van der Waals surface area (Å²) in [5.74, 6) is 0. The van der Waals surface area contributed by atoms with E-state index >= 15 is 0 Å². The Morgan fingerprint density at radius 3 is 2.00 bits per heavy atom. The summed E-state index contributed by atoms with van der Waals surface area (Å²) in [5.41, 5.74) is -3.42. The zero-order valence-electron chi connectivity index (χ0n) is 2.03. The van der Waals surface area contributed by atoms with Crippen LogP contribution in [-0.4, -0.2) is 4.89 Å². The maximum absolute atomic E-state index is 9.43. The molecular weight excluding hydrogens is 154 g/mol. The van der Waals surface area contributed by atoms with E-state index in [1.807, 2.05) is 0 Å². The summed E-state index contributed by atoms with van der Waals surface area (Å²) in [7, 11) is 0. The van der Waals surface area contributed by atoms with Crippen molar-refractivity contribution in [2.75, 3.05) is 0 Å². The molecule has 5 heteroatoms. The SMILES string of the molecule is O=[P](O)(Cl)[Fe]. The van der Waals surface area contributed by atoms with Crippen LogP contribution in [-0.2, 0) is 20.1 Å². The molecule has 0 radical (unpaired) electrons. The molecule has 0 amide bonds. The first kappa shape index (κ1) is 6.00. The maximum atomic E-state index is 9.43. The Kier molecular flexibility index (Phi) is 1.96. The van der Waals surface area contributed by atoms with Gasteiger partial charge in [-0.15, -0.1) is 0 Å². The molecule has 0 aromatic carbocycles. The van der Waals surface area contributed by atoms with Crippen LogP contribution < -0.4 is 0 Å². The van der Waals surface area contributed by atoms with Crippen LogP contribution in [0.1, 0.15) is 0 Å². The Morgan fingerprint density at radius 1 is 2.00 bits per heavy atom. The summed E-state index contributed by atoms with van der Waals surface area (Å²) >= 11 is 7.18. The predicted molar refractivity (Wildman–Crippen MR) is 15.7 cm³/mol. The van der Waals surface area contributed by atoms with E-state index < -0.39 is 5.41 Å². The fourth-order valence-electron chi connectivity index (χ4n) is 0. The first-order valence-electron chi connectivity index (χ1n) is 0.710. The molecule has 0 aromatic heterocycles. The number of halogens is 1. The van der Waals surface area contributed by atoms with Gasteiger partial charge in [0.15, 0.2) is 0 Å². The van der Waals surface area contributed by atoms with Gasteiger partial charge in [-0.25, -0.2) is 0 Å². The van der Waals surface area contributed by atoms with Gasteiger partial charge in [-0.2, -0.15) is 0 Å². The average Bonchev–Trinajstić information content (AvgIpc) is 0.722. The molecular formula is HClFeO2P. The molecule has 2 nitrogen and oxygen atoms in total. The van der Waals surface area contributed by atoms with Crippen molar-refractivity contribution in [3.8, 4) is 0 Å². The van der Waals surface area contributed by atoms with Gasteiger partial charge in [0.2, 0.25) is 0 Å². The zero-order chi connectivity index (χ0) is 4.50.